The Morgan fingerprint density at radius 2 is 1.88 bits per heavy atom. The lowest BCUT2D eigenvalue weighted by Gasteiger charge is -2.27. The van der Waals surface area contributed by atoms with Crippen molar-refractivity contribution in [2.45, 2.75) is 56.4 Å². The second kappa shape index (κ2) is 8.41. The molecule has 1 saturated carbocycles. The highest BCUT2D eigenvalue weighted by Gasteiger charge is 2.44. The van der Waals surface area contributed by atoms with Gasteiger partial charge in [-0.15, -0.1) is 0 Å². The third kappa shape index (κ3) is 4.58. The Morgan fingerprint density at radius 1 is 1.08 bits per heavy atom. The average molecular weight is 363 g/mol. The predicted molar refractivity (Wildman–Crippen MR) is 97.1 cm³/mol. The molecule has 144 valence electrons. The van der Waals surface area contributed by atoms with Gasteiger partial charge in [-0.1, -0.05) is 0 Å². The van der Waals surface area contributed by atoms with Crippen molar-refractivity contribution in [3.05, 3.63) is 24.2 Å². The maximum Gasteiger partial charge on any atom is 0.191 e. The van der Waals surface area contributed by atoms with Gasteiger partial charge in [0, 0.05) is 51.1 Å². The van der Waals surface area contributed by atoms with E-state index in [1.54, 1.807) is 6.26 Å². The van der Waals surface area contributed by atoms with Crippen molar-refractivity contribution >= 4 is 5.96 Å². The van der Waals surface area contributed by atoms with Gasteiger partial charge in [-0.05, 0) is 31.4 Å². The fourth-order valence-corrected chi connectivity index (χ4v) is 3.95. The zero-order valence-electron chi connectivity index (χ0n) is 15.2. The van der Waals surface area contributed by atoms with E-state index in [0.717, 1.165) is 63.5 Å². The van der Waals surface area contributed by atoms with Crippen molar-refractivity contribution < 1.29 is 18.6 Å². The minimum Gasteiger partial charge on any atom is -0.469 e. The van der Waals surface area contributed by atoms with Crippen molar-refractivity contribution in [1.82, 2.24) is 10.6 Å². The third-order valence-corrected chi connectivity index (χ3v) is 5.36. The second-order valence-corrected chi connectivity index (χ2v) is 7.28. The summed E-state index contributed by atoms with van der Waals surface area (Å²) in [6.45, 7) is 3.72. The smallest absolute Gasteiger partial charge is 0.191 e. The Kier molecular flexibility index (Phi) is 5.77. The molecular weight excluding hydrogens is 334 g/mol. The molecule has 0 aromatic carbocycles. The van der Waals surface area contributed by atoms with Gasteiger partial charge < -0.3 is 29.3 Å². The molecule has 2 N–H and O–H groups in total. The van der Waals surface area contributed by atoms with E-state index in [-0.39, 0.29) is 5.79 Å². The summed E-state index contributed by atoms with van der Waals surface area (Å²) >= 11 is 0. The van der Waals surface area contributed by atoms with Crippen LogP contribution in [0.5, 0.6) is 0 Å². The molecule has 4 rings (SSSR count). The molecule has 2 aliphatic heterocycles. The Labute approximate surface area is 154 Å². The zero-order chi connectivity index (χ0) is 17.7. The summed E-state index contributed by atoms with van der Waals surface area (Å²) in [7, 11) is 0. The average Bonchev–Trinajstić information content (AvgIpc) is 3.40. The van der Waals surface area contributed by atoms with Gasteiger partial charge in [0.2, 0.25) is 0 Å². The molecule has 26 heavy (non-hydrogen) atoms. The molecule has 0 radical (unpaired) electrons. The lowest BCUT2D eigenvalue weighted by Crippen LogP contribution is -2.49. The van der Waals surface area contributed by atoms with Crippen LogP contribution in [0.4, 0.5) is 0 Å². The van der Waals surface area contributed by atoms with Gasteiger partial charge in [-0.2, -0.15) is 0 Å². The van der Waals surface area contributed by atoms with E-state index in [9.17, 15) is 0 Å². The minimum atomic E-state index is -0.365. The van der Waals surface area contributed by atoms with Gasteiger partial charge >= 0.3 is 0 Å². The van der Waals surface area contributed by atoms with Crippen LogP contribution in [0.2, 0.25) is 0 Å². The normalized spacial score (nSPS) is 26.5. The van der Waals surface area contributed by atoms with Crippen LogP contribution in [0.15, 0.2) is 27.8 Å². The molecule has 1 unspecified atom stereocenters. The number of aliphatic imine (C=N–C) groups is 1. The SMILES string of the molecule is c1coc(CCN=C(NC2CCOCC2)NC2CCC3(C2)OCCO3)c1. The molecule has 1 aromatic heterocycles. The molecule has 1 spiro atoms. The second-order valence-electron chi connectivity index (χ2n) is 7.28. The molecule has 2 saturated heterocycles. The van der Waals surface area contributed by atoms with Crippen LogP contribution < -0.4 is 10.6 Å². The number of nitrogens with one attached hydrogen (secondary N) is 2. The van der Waals surface area contributed by atoms with Gasteiger partial charge in [-0.25, -0.2) is 0 Å². The van der Waals surface area contributed by atoms with E-state index < -0.39 is 0 Å². The third-order valence-electron chi connectivity index (χ3n) is 5.36. The van der Waals surface area contributed by atoms with E-state index in [1.807, 2.05) is 12.1 Å². The molecule has 3 fully saturated rings. The highest BCUT2D eigenvalue weighted by molar-refractivity contribution is 5.80. The first kappa shape index (κ1) is 17.8. The Balaban J connectivity index is 1.34. The first-order valence-corrected chi connectivity index (χ1v) is 9.77. The van der Waals surface area contributed by atoms with Crippen LogP contribution in [0.3, 0.4) is 0 Å². The van der Waals surface area contributed by atoms with Crippen molar-refractivity contribution in [3.8, 4) is 0 Å². The highest BCUT2D eigenvalue weighted by atomic mass is 16.7. The fraction of sp³-hybridized carbons (Fsp3) is 0.737. The number of furan rings is 1. The molecule has 7 heteroatoms. The van der Waals surface area contributed by atoms with Crippen molar-refractivity contribution in [1.29, 1.82) is 0 Å². The van der Waals surface area contributed by atoms with E-state index in [1.165, 1.54) is 0 Å². The van der Waals surface area contributed by atoms with Crippen molar-refractivity contribution in [2.75, 3.05) is 33.0 Å². The summed E-state index contributed by atoms with van der Waals surface area (Å²) in [4.78, 5) is 4.78. The first-order chi connectivity index (χ1) is 12.8. The molecule has 0 amide bonds. The van der Waals surface area contributed by atoms with E-state index in [0.29, 0.717) is 31.8 Å². The standard InChI is InChI=1S/C19H29N3O4/c1-2-17(24-9-1)4-8-20-18(21-15-5-10-23-11-6-15)22-16-3-7-19(14-16)25-12-13-26-19/h1-2,9,15-16H,3-8,10-14H2,(H2,20,21,22). The van der Waals surface area contributed by atoms with Crippen LogP contribution in [0.25, 0.3) is 0 Å². The van der Waals surface area contributed by atoms with E-state index in [2.05, 4.69) is 10.6 Å². The van der Waals surface area contributed by atoms with Gasteiger partial charge in [0.1, 0.15) is 5.76 Å². The monoisotopic (exact) mass is 363 g/mol. The molecule has 1 aromatic rings. The van der Waals surface area contributed by atoms with Gasteiger partial charge in [0.25, 0.3) is 0 Å². The van der Waals surface area contributed by atoms with Crippen LogP contribution in [0, 0.1) is 0 Å². The first-order valence-electron chi connectivity index (χ1n) is 9.77. The lowest BCUT2D eigenvalue weighted by molar-refractivity contribution is -0.151. The summed E-state index contributed by atoms with van der Waals surface area (Å²) in [5, 5.41) is 7.19. The quantitative estimate of drug-likeness (QED) is 0.614. The van der Waals surface area contributed by atoms with Crippen LogP contribution in [0.1, 0.15) is 37.9 Å². The molecular formula is C19H29N3O4. The predicted octanol–water partition coefficient (Wildman–Crippen LogP) is 1.83. The molecule has 7 nitrogen and oxygen atoms in total. The summed E-state index contributed by atoms with van der Waals surface area (Å²) in [6.07, 6.45) is 7.39. The van der Waals surface area contributed by atoms with Crippen LogP contribution >= 0.6 is 0 Å². The number of hydrogen-bond donors (Lipinski definition) is 2. The summed E-state index contributed by atoms with van der Waals surface area (Å²) in [5.41, 5.74) is 0. The Morgan fingerprint density at radius 3 is 2.65 bits per heavy atom. The van der Waals surface area contributed by atoms with E-state index >= 15 is 0 Å². The Bertz CT molecular complexity index is 578. The maximum absolute atomic E-state index is 5.84. The van der Waals surface area contributed by atoms with Gasteiger partial charge in [0.05, 0.1) is 19.5 Å². The number of hydrogen-bond acceptors (Lipinski definition) is 5. The molecule has 1 atom stereocenters. The summed E-state index contributed by atoms with van der Waals surface area (Å²) in [5.74, 6) is 1.48. The largest absolute Gasteiger partial charge is 0.469 e. The maximum atomic E-state index is 5.84. The van der Waals surface area contributed by atoms with Crippen molar-refractivity contribution in [2.24, 2.45) is 4.99 Å². The van der Waals surface area contributed by atoms with E-state index in [4.69, 9.17) is 23.6 Å². The molecule has 1 aliphatic carbocycles. The fourth-order valence-electron chi connectivity index (χ4n) is 3.95. The van der Waals surface area contributed by atoms with Crippen LogP contribution in [-0.4, -0.2) is 56.8 Å². The number of ether oxygens (including phenoxy) is 3. The van der Waals surface area contributed by atoms with Gasteiger partial charge in [0.15, 0.2) is 11.7 Å². The topological polar surface area (TPSA) is 77.3 Å². The Hall–Kier alpha value is -1.57. The highest BCUT2D eigenvalue weighted by Crippen LogP contribution is 2.37. The minimum absolute atomic E-state index is 0.322. The zero-order valence-corrected chi connectivity index (χ0v) is 15.2. The molecule has 0 bridgehead atoms. The molecule has 3 heterocycles. The van der Waals surface area contributed by atoms with Crippen molar-refractivity contribution in [3.63, 3.8) is 0 Å². The van der Waals surface area contributed by atoms with Gasteiger partial charge in [-0.3, -0.25) is 4.99 Å². The number of guanidine groups is 1. The summed E-state index contributed by atoms with van der Waals surface area (Å²) in [6, 6.07) is 4.64. The summed E-state index contributed by atoms with van der Waals surface area (Å²) < 4.78 is 22.5. The van der Waals surface area contributed by atoms with Crippen LogP contribution in [-0.2, 0) is 20.6 Å². The lowest BCUT2D eigenvalue weighted by atomic mass is 10.1. The molecule has 3 aliphatic rings. The number of nitrogens with zero attached hydrogens (tertiary/aromatic N) is 1. The number of rotatable bonds is 5.